The van der Waals surface area contributed by atoms with Crippen LogP contribution in [0.15, 0.2) is 18.2 Å². The molecule has 0 saturated carbocycles. The Hall–Kier alpha value is -0.930. The van der Waals surface area contributed by atoms with E-state index in [2.05, 4.69) is 5.32 Å². The van der Waals surface area contributed by atoms with Crippen molar-refractivity contribution in [1.29, 1.82) is 0 Å². The summed E-state index contributed by atoms with van der Waals surface area (Å²) < 4.78 is 5.08. The van der Waals surface area contributed by atoms with E-state index in [1.165, 1.54) is 7.11 Å². The molecule has 1 amide bonds. The Balaban J connectivity index is 2.74. The number of halogens is 2. The Morgan fingerprint density at radius 3 is 2.88 bits per heavy atom. The number of rotatable bonds is 5. The molecule has 1 aromatic carbocycles. The van der Waals surface area contributed by atoms with Gasteiger partial charge in [-0.05, 0) is 24.6 Å². The maximum absolute atomic E-state index is 11.7. The lowest BCUT2D eigenvalue weighted by atomic mass is 10.2. The molecular weight excluding hydrogens is 249 g/mol. The first kappa shape index (κ1) is 13.1. The van der Waals surface area contributed by atoms with E-state index in [-0.39, 0.29) is 5.91 Å². The number of carbonyl (C=O) groups is 1. The summed E-state index contributed by atoms with van der Waals surface area (Å²) in [5.74, 6) is 0.812. The van der Waals surface area contributed by atoms with E-state index in [1.807, 2.05) is 0 Å². The molecule has 1 aromatic rings. The minimum absolute atomic E-state index is 0.182. The first-order valence-corrected chi connectivity index (χ1v) is 5.78. The zero-order chi connectivity index (χ0) is 12.0. The van der Waals surface area contributed by atoms with Crippen molar-refractivity contribution >= 4 is 29.1 Å². The first-order valence-electron chi connectivity index (χ1n) is 4.86. The van der Waals surface area contributed by atoms with Crippen molar-refractivity contribution in [2.45, 2.75) is 6.42 Å². The van der Waals surface area contributed by atoms with Crippen molar-refractivity contribution in [2.75, 3.05) is 19.5 Å². The van der Waals surface area contributed by atoms with Gasteiger partial charge in [-0.1, -0.05) is 11.6 Å². The highest BCUT2D eigenvalue weighted by atomic mass is 35.5. The Morgan fingerprint density at radius 2 is 2.25 bits per heavy atom. The van der Waals surface area contributed by atoms with Gasteiger partial charge in [-0.25, -0.2) is 0 Å². The maximum atomic E-state index is 11.7. The number of alkyl halides is 1. The lowest BCUT2D eigenvalue weighted by Crippen LogP contribution is -2.25. The van der Waals surface area contributed by atoms with E-state index in [4.69, 9.17) is 27.9 Å². The van der Waals surface area contributed by atoms with Crippen molar-refractivity contribution < 1.29 is 9.53 Å². The zero-order valence-corrected chi connectivity index (χ0v) is 10.4. The van der Waals surface area contributed by atoms with E-state index >= 15 is 0 Å². The summed E-state index contributed by atoms with van der Waals surface area (Å²) in [5, 5.41) is 3.28. The Morgan fingerprint density at radius 1 is 1.50 bits per heavy atom. The topological polar surface area (TPSA) is 38.3 Å². The van der Waals surface area contributed by atoms with Gasteiger partial charge < -0.3 is 10.1 Å². The van der Waals surface area contributed by atoms with Gasteiger partial charge in [-0.15, -0.1) is 11.6 Å². The molecule has 16 heavy (non-hydrogen) atoms. The molecule has 5 heteroatoms. The van der Waals surface area contributed by atoms with Gasteiger partial charge in [0.1, 0.15) is 5.75 Å². The van der Waals surface area contributed by atoms with Gasteiger partial charge in [-0.3, -0.25) is 4.79 Å². The number of hydrogen-bond acceptors (Lipinski definition) is 2. The van der Waals surface area contributed by atoms with Crippen LogP contribution in [0.2, 0.25) is 5.02 Å². The largest absolute Gasteiger partial charge is 0.496 e. The van der Waals surface area contributed by atoms with E-state index in [1.54, 1.807) is 18.2 Å². The van der Waals surface area contributed by atoms with Gasteiger partial charge in [0.15, 0.2) is 0 Å². The van der Waals surface area contributed by atoms with Gasteiger partial charge in [0, 0.05) is 17.4 Å². The summed E-state index contributed by atoms with van der Waals surface area (Å²) in [4.78, 5) is 11.7. The second kappa shape index (κ2) is 6.61. The van der Waals surface area contributed by atoms with Crippen molar-refractivity contribution in [3.63, 3.8) is 0 Å². The molecule has 0 bridgehead atoms. The quantitative estimate of drug-likeness (QED) is 0.654. The minimum Gasteiger partial charge on any atom is -0.496 e. The van der Waals surface area contributed by atoms with Crippen LogP contribution in [-0.2, 0) is 0 Å². The van der Waals surface area contributed by atoms with Crippen LogP contribution < -0.4 is 10.1 Å². The molecule has 0 radical (unpaired) electrons. The molecule has 0 aliphatic carbocycles. The highest BCUT2D eigenvalue weighted by Gasteiger charge is 2.11. The van der Waals surface area contributed by atoms with Crippen LogP contribution in [0, 0.1) is 0 Å². The fraction of sp³-hybridized carbons (Fsp3) is 0.364. The predicted molar refractivity (Wildman–Crippen MR) is 65.7 cm³/mol. The average Bonchev–Trinajstić information content (AvgIpc) is 2.29. The van der Waals surface area contributed by atoms with Gasteiger partial charge in [0.2, 0.25) is 0 Å². The van der Waals surface area contributed by atoms with Crippen molar-refractivity contribution in [3.8, 4) is 5.75 Å². The molecule has 0 aliphatic rings. The van der Waals surface area contributed by atoms with Crippen molar-refractivity contribution in [1.82, 2.24) is 5.32 Å². The minimum atomic E-state index is -0.182. The van der Waals surface area contributed by atoms with Crippen LogP contribution in [0.5, 0.6) is 5.75 Å². The van der Waals surface area contributed by atoms with Gasteiger partial charge in [0.05, 0.1) is 12.7 Å². The number of nitrogens with one attached hydrogen (secondary N) is 1. The summed E-state index contributed by atoms with van der Waals surface area (Å²) in [5.41, 5.74) is 0.474. The number of ether oxygens (including phenoxy) is 1. The summed E-state index contributed by atoms with van der Waals surface area (Å²) >= 11 is 11.3. The number of methoxy groups -OCH3 is 1. The maximum Gasteiger partial charge on any atom is 0.255 e. The number of amides is 1. The van der Waals surface area contributed by atoms with E-state index in [9.17, 15) is 4.79 Å². The molecular formula is C11H13Cl2NO2. The monoisotopic (exact) mass is 261 g/mol. The fourth-order valence-corrected chi connectivity index (χ4v) is 1.51. The molecule has 3 nitrogen and oxygen atoms in total. The Labute approximate surface area is 105 Å². The molecule has 88 valence electrons. The Kier molecular flexibility index (Phi) is 5.43. The van der Waals surface area contributed by atoms with Gasteiger partial charge in [-0.2, -0.15) is 0 Å². The summed E-state index contributed by atoms with van der Waals surface area (Å²) in [7, 11) is 1.50. The third-order valence-corrected chi connectivity index (χ3v) is 2.51. The van der Waals surface area contributed by atoms with Gasteiger partial charge >= 0.3 is 0 Å². The lowest BCUT2D eigenvalue weighted by Gasteiger charge is -2.09. The molecule has 0 fully saturated rings. The lowest BCUT2D eigenvalue weighted by molar-refractivity contribution is 0.0951. The van der Waals surface area contributed by atoms with E-state index in [0.717, 1.165) is 6.42 Å². The molecule has 1 N–H and O–H groups in total. The Bertz CT molecular complexity index is 369. The van der Waals surface area contributed by atoms with Crippen LogP contribution in [0.3, 0.4) is 0 Å². The van der Waals surface area contributed by atoms with Crippen LogP contribution in [0.4, 0.5) is 0 Å². The second-order valence-corrected chi connectivity index (χ2v) is 3.96. The predicted octanol–water partition coefficient (Wildman–Crippen LogP) is 2.71. The molecule has 0 heterocycles. The first-order chi connectivity index (χ1) is 7.69. The summed E-state index contributed by atoms with van der Waals surface area (Å²) in [6.07, 6.45) is 0.739. The highest BCUT2D eigenvalue weighted by Crippen LogP contribution is 2.22. The molecule has 1 rings (SSSR count). The second-order valence-electron chi connectivity index (χ2n) is 3.14. The summed E-state index contributed by atoms with van der Waals surface area (Å²) in [6, 6.07) is 4.90. The van der Waals surface area contributed by atoms with Crippen LogP contribution in [-0.4, -0.2) is 25.4 Å². The third-order valence-electron chi connectivity index (χ3n) is 2.00. The van der Waals surface area contributed by atoms with Crippen LogP contribution in [0.1, 0.15) is 16.8 Å². The number of hydrogen-bond donors (Lipinski definition) is 1. The SMILES string of the molecule is COc1cc(Cl)ccc1C(=O)NCCCCl. The van der Waals surface area contributed by atoms with Crippen molar-refractivity contribution in [3.05, 3.63) is 28.8 Å². The van der Waals surface area contributed by atoms with Gasteiger partial charge in [0.25, 0.3) is 5.91 Å². The smallest absolute Gasteiger partial charge is 0.255 e. The molecule has 0 atom stereocenters. The highest BCUT2D eigenvalue weighted by molar-refractivity contribution is 6.30. The molecule has 0 spiro atoms. The standard InChI is InChI=1S/C11H13Cl2NO2/c1-16-10-7-8(13)3-4-9(10)11(15)14-6-2-5-12/h3-4,7H,2,5-6H2,1H3,(H,14,15). The van der Waals surface area contributed by atoms with E-state index in [0.29, 0.717) is 28.8 Å². The van der Waals surface area contributed by atoms with Crippen molar-refractivity contribution in [2.24, 2.45) is 0 Å². The van der Waals surface area contributed by atoms with Crippen LogP contribution in [0.25, 0.3) is 0 Å². The summed E-state index contributed by atoms with van der Waals surface area (Å²) in [6.45, 7) is 0.550. The molecule has 0 aromatic heterocycles. The molecule has 0 saturated heterocycles. The normalized spacial score (nSPS) is 9.94. The average molecular weight is 262 g/mol. The molecule has 0 aliphatic heterocycles. The third kappa shape index (κ3) is 3.58. The number of carbonyl (C=O) groups excluding carboxylic acids is 1. The number of benzene rings is 1. The fourth-order valence-electron chi connectivity index (χ4n) is 1.22. The molecule has 0 unspecified atom stereocenters. The van der Waals surface area contributed by atoms with E-state index < -0.39 is 0 Å². The van der Waals surface area contributed by atoms with Crippen LogP contribution >= 0.6 is 23.2 Å². The zero-order valence-electron chi connectivity index (χ0n) is 8.93.